The van der Waals surface area contributed by atoms with E-state index < -0.39 is 5.62 Å². The molecule has 0 bridgehead atoms. The third-order valence-corrected chi connectivity index (χ3v) is 2.39. The topological polar surface area (TPSA) is 52.5 Å². The summed E-state index contributed by atoms with van der Waals surface area (Å²) in [6, 6.07) is 0. The molecule has 1 heterocycles. The first-order valence-corrected chi connectivity index (χ1v) is 7.13. The summed E-state index contributed by atoms with van der Waals surface area (Å²) in [4.78, 5) is 9.97. The molecule has 0 aliphatic carbocycles. The molecule has 22 heavy (non-hydrogen) atoms. The molecule has 119 valence electrons. The zero-order chi connectivity index (χ0) is 16.2. The number of hydroxylamine groups is 2. The quantitative estimate of drug-likeness (QED) is 0.599. The predicted molar refractivity (Wildman–Crippen MR) is 81.5 cm³/mol. The second kappa shape index (κ2) is 8.88. The number of nitrogens with zero attached hydrogens (tertiary/aromatic N) is 2. The summed E-state index contributed by atoms with van der Waals surface area (Å²) in [5.41, 5.74) is -1.48. The molecule has 0 fully saturated rings. The van der Waals surface area contributed by atoms with Crippen molar-refractivity contribution in [2.24, 2.45) is 4.99 Å². The van der Waals surface area contributed by atoms with Crippen molar-refractivity contribution in [2.45, 2.75) is 65.5 Å². The number of ether oxygens (including phenoxy) is 3. The van der Waals surface area contributed by atoms with E-state index in [1.54, 1.807) is 0 Å². The summed E-state index contributed by atoms with van der Waals surface area (Å²) in [5.74, 6) is 0.579. The summed E-state index contributed by atoms with van der Waals surface area (Å²) >= 11 is 0. The van der Waals surface area contributed by atoms with Crippen molar-refractivity contribution in [3.8, 4) is 0 Å². The molecule has 1 atom stereocenters. The van der Waals surface area contributed by atoms with Crippen LogP contribution in [0.4, 0.5) is 0 Å². The molecule has 8 heteroatoms. The van der Waals surface area contributed by atoms with E-state index in [9.17, 15) is 0 Å². The van der Waals surface area contributed by atoms with Gasteiger partial charge in [-0.2, -0.15) is 0 Å². The van der Waals surface area contributed by atoms with Gasteiger partial charge in [-0.3, -0.25) is 4.84 Å². The molecule has 0 aromatic rings. The van der Waals surface area contributed by atoms with E-state index in [2.05, 4.69) is 4.99 Å². The van der Waals surface area contributed by atoms with Gasteiger partial charge in [-0.05, 0) is 41.5 Å². The Kier molecular flexibility index (Phi) is 8.63. The summed E-state index contributed by atoms with van der Waals surface area (Å²) < 4.78 is 16.8. The predicted octanol–water partition coefficient (Wildman–Crippen LogP) is -0.838. The van der Waals surface area contributed by atoms with E-state index in [1.807, 2.05) is 41.5 Å². The van der Waals surface area contributed by atoms with Crippen molar-refractivity contribution in [3.63, 3.8) is 0 Å². The standard InChI is InChI=1S/C14H25BN2O4.Li/c1-9(2)19-13-14(15,20-10(3)4)17(21-11(5)6)12(18-7)8-16-13;/h8-11H,1-7H3;/q-1;+1. The second-order valence-corrected chi connectivity index (χ2v) is 5.58. The maximum absolute atomic E-state index is 6.41. The minimum atomic E-state index is -1.48. The Morgan fingerprint density at radius 2 is 1.68 bits per heavy atom. The van der Waals surface area contributed by atoms with Crippen LogP contribution in [-0.4, -0.2) is 49.9 Å². The van der Waals surface area contributed by atoms with Crippen LogP contribution in [0.25, 0.3) is 0 Å². The molecule has 1 aliphatic heterocycles. The monoisotopic (exact) mass is 303 g/mol. The van der Waals surface area contributed by atoms with Gasteiger partial charge in [-0.1, -0.05) is 0 Å². The van der Waals surface area contributed by atoms with Gasteiger partial charge in [0.05, 0.1) is 31.6 Å². The average molecular weight is 303 g/mol. The first kappa shape index (κ1) is 21.4. The third kappa shape index (κ3) is 5.24. The van der Waals surface area contributed by atoms with Crippen LogP contribution in [0.1, 0.15) is 41.5 Å². The minimum absolute atomic E-state index is 0. The zero-order valence-corrected chi connectivity index (χ0v) is 14.9. The Labute approximate surface area is 146 Å². The fourth-order valence-corrected chi connectivity index (χ4v) is 1.78. The van der Waals surface area contributed by atoms with Crippen LogP contribution < -0.4 is 18.9 Å². The van der Waals surface area contributed by atoms with Gasteiger partial charge in [-0.25, -0.2) is 10.1 Å². The summed E-state index contributed by atoms with van der Waals surface area (Å²) in [6.45, 7) is 11.3. The Balaban J connectivity index is 0.00000441. The van der Waals surface area contributed by atoms with Crippen molar-refractivity contribution < 1.29 is 37.9 Å². The van der Waals surface area contributed by atoms with Crippen LogP contribution in [0.2, 0.25) is 0 Å². The molecular weight excluding hydrogens is 278 g/mol. The van der Waals surface area contributed by atoms with Crippen molar-refractivity contribution in [3.05, 3.63) is 12.1 Å². The van der Waals surface area contributed by atoms with Crippen LogP contribution in [0.15, 0.2) is 17.1 Å². The Morgan fingerprint density at radius 3 is 2.09 bits per heavy atom. The molecule has 1 unspecified atom stereocenters. The number of aliphatic imine (C=N–C) groups is 1. The summed E-state index contributed by atoms with van der Waals surface area (Å²) in [6.07, 6.45) is 1.11. The molecule has 0 N–H and O–H groups in total. The maximum atomic E-state index is 6.41. The van der Waals surface area contributed by atoms with E-state index >= 15 is 0 Å². The molecule has 0 spiro atoms. The minimum Gasteiger partial charge on any atom is -0.532 e. The van der Waals surface area contributed by atoms with Crippen LogP contribution in [0, 0.1) is 0 Å². The second-order valence-electron chi connectivity index (χ2n) is 5.58. The summed E-state index contributed by atoms with van der Waals surface area (Å²) in [7, 11) is 7.93. The average Bonchev–Trinajstić information content (AvgIpc) is 2.33. The number of hydrogen-bond donors (Lipinski definition) is 0. The Morgan fingerprint density at radius 1 is 1.09 bits per heavy atom. The molecule has 6 nitrogen and oxygen atoms in total. The molecule has 1 rings (SSSR count). The molecule has 1 aliphatic rings. The smallest absolute Gasteiger partial charge is 0.532 e. The van der Waals surface area contributed by atoms with Crippen molar-refractivity contribution in [2.75, 3.05) is 7.11 Å². The third-order valence-electron chi connectivity index (χ3n) is 2.39. The Bertz CT molecular complexity index is 416. The van der Waals surface area contributed by atoms with Gasteiger partial charge < -0.3 is 22.1 Å². The van der Waals surface area contributed by atoms with Gasteiger partial charge in [0.2, 0.25) is 5.88 Å². The fourth-order valence-electron chi connectivity index (χ4n) is 1.78. The number of methoxy groups -OCH3 is 1. The molecule has 0 aromatic carbocycles. The van der Waals surface area contributed by atoms with Crippen LogP contribution in [0.5, 0.6) is 0 Å². The zero-order valence-electron chi connectivity index (χ0n) is 14.9. The van der Waals surface area contributed by atoms with Crippen LogP contribution >= 0.6 is 0 Å². The fraction of sp³-hybridized carbons (Fsp3) is 0.786. The summed E-state index contributed by atoms with van der Waals surface area (Å²) in [5, 5.41) is 1.36. The first-order valence-electron chi connectivity index (χ1n) is 7.13. The SMILES string of the molecule is [B-]C1(OC(C)C)C(OC(C)C)=NC=C(OC)N1OC(C)C.[Li+]. The van der Waals surface area contributed by atoms with E-state index in [0.29, 0.717) is 5.88 Å². The van der Waals surface area contributed by atoms with E-state index in [1.165, 1.54) is 18.4 Å². The maximum Gasteiger partial charge on any atom is 1.00 e. The molecule has 3 radical (unpaired) electrons. The van der Waals surface area contributed by atoms with Gasteiger partial charge >= 0.3 is 18.9 Å². The van der Waals surface area contributed by atoms with E-state index in [4.69, 9.17) is 26.9 Å². The van der Waals surface area contributed by atoms with Crippen molar-refractivity contribution in [1.82, 2.24) is 5.06 Å². The van der Waals surface area contributed by atoms with E-state index in [-0.39, 0.29) is 43.1 Å². The van der Waals surface area contributed by atoms with Crippen LogP contribution in [-0.2, 0) is 19.0 Å². The molecular formula is C14H25BLiN2O4. The first-order chi connectivity index (χ1) is 9.70. The van der Waals surface area contributed by atoms with Crippen molar-refractivity contribution >= 4 is 13.7 Å². The Hall–Kier alpha value is -0.608. The van der Waals surface area contributed by atoms with Gasteiger partial charge in [0, 0.05) is 5.62 Å². The largest absolute Gasteiger partial charge is 1.00 e. The number of rotatable bonds is 6. The normalized spacial score (nSPS) is 21.7. The molecule has 0 amide bonds. The van der Waals surface area contributed by atoms with Gasteiger partial charge in [0.25, 0.3) is 0 Å². The van der Waals surface area contributed by atoms with Gasteiger partial charge in [-0.15, -0.1) is 0 Å². The molecule has 0 saturated heterocycles. The molecule has 0 aromatic heterocycles. The van der Waals surface area contributed by atoms with Gasteiger partial charge in [0.15, 0.2) is 5.90 Å². The van der Waals surface area contributed by atoms with Crippen molar-refractivity contribution in [1.29, 1.82) is 0 Å². The van der Waals surface area contributed by atoms with Crippen LogP contribution in [0.3, 0.4) is 0 Å². The van der Waals surface area contributed by atoms with Gasteiger partial charge in [0.1, 0.15) is 0 Å². The number of hydrogen-bond acceptors (Lipinski definition) is 6. The molecule has 0 saturated carbocycles. The van der Waals surface area contributed by atoms with E-state index in [0.717, 1.165) is 0 Å².